The van der Waals surface area contributed by atoms with Crippen LogP contribution in [0.3, 0.4) is 0 Å². The number of hydrogen-bond donors (Lipinski definition) is 2. The number of nitrogens with one attached hydrogen (secondary N) is 2. The van der Waals surface area contributed by atoms with Crippen LogP contribution in [-0.4, -0.2) is 25.5 Å². The van der Waals surface area contributed by atoms with E-state index in [9.17, 15) is 9.59 Å². The van der Waals surface area contributed by atoms with Crippen LogP contribution in [0.4, 0.5) is 5.82 Å². The van der Waals surface area contributed by atoms with E-state index in [0.29, 0.717) is 11.4 Å². The summed E-state index contributed by atoms with van der Waals surface area (Å²) in [7, 11) is 1.87. The highest BCUT2D eigenvalue weighted by Crippen LogP contribution is 2.38. The minimum absolute atomic E-state index is 0.0617. The lowest BCUT2D eigenvalue weighted by Crippen LogP contribution is -2.27. The number of anilines is 1. The number of carbonyl (C=O) groups excluding carboxylic acids is 1. The molecule has 2 aromatic rings. The van der Waals surface area contributed by atoms with Crippen molar-refractivity contribution in [1.29, 1.82) is 0 Å². The predicted molar refractivity (Wildman–Crippen MR) is 83.2 cm³/mol. The summed E-state index contributed by atoms with van der Waals surface area (Å²) >= 11 is 0. The normalized spacial score (nSPS) is 17.7. The van der Waals surface area contributed by atoms with Crippen LogP contribution in [0.1, 0.15) is 54.7 Å². The largest absolute Gasteiger partial charge is 0.311 e. The Hall–Kier alpha value is -2.31. The molecule has 7 nitrogen and oxygen atoms in total. The Balaban J connectivity index is 2.25. The number of aromatic amines is 1. The SMILES string of the molecule is Cc1nn(C)c(C)c1[C@H]1CC(=O)Nc2c1c(=O)[nH]n2C(C)C. The molecule has 118 valence electrons. The fourth-order valence-electron chi connectivity index (χ4n) is 3.31. The molecule has 0 unspecified atom stereocenters. The number of carbonyl (C=O) groups is 1. The molecule has 2 N–H and O–H groups in total. The fraction of sp³-hybridized carbons (Fsp3) is 0.533. The molecule has 0 fully saturated rings. The molecule has 3 rings (SSSR count). The van der Waals surface area contributed by atoms with Gasteiger partial charge in [0.15, 0.2) is 0 Å². The Labute approximate surface area is 128 Å². The van der Waals surface area contributed by atoms with Crippen molar-refractivity contribution in [3.63, 3.8) is 0 Å². The maximum absolute atomic E-state index is 12.5. The van der Waals surface area contributed by atoms with Gasteiger partial charge in [-0.1, -0.05) is 0 Å². The van der Waals surface area contributed by atoms with E-state index in [1.165, 1.54) is 0 Å². The summed E-state index contributed by atoms with van der Waals surface area (Å²) in [5.41, 5.74) is 3.32. The molecule has 2 aromatic heterocycles. The summed E-state index contributed by atoms with van der Waals surface area (Å²) in [5, 5.41) is 10.1. The van der Waals surface area contributed by atoms with E-state index in [-0.39, 0.29) is 29.8 Å². The van der Waals surface area contributed by atoms with Gasteiger partial charge in [-0.15, -0.1) is 0 Å². The Bertz CT molecular complexity index is 809. The van der Waals surface area contributed by atoms with Gasteiger partial charge in [-0.3, -0.25) is 24.1 Å². The minimum Gasteiger partial charge on any atom is -0.311 e. The van der Waals surface area contributed by atoms with Gasteiger partial charge in [0, 0.05) is 36.7 Å². The first-order valence-electron chi connectivity index (χ1n) is 7.45. The van der Waals surface area contributed by atoms with Crippen molar-refractivity contribution >= 4 is 11.7 Å². The average Bonchev–Trinajstić information content (AvgIpc) is 2.87. The van der Waals surface area contributed by atoms with Crippen LogP contribution in [0.25, 0.3) is 0 Å². The molecule has 7 heteroatoms. The van der Waals surface area contributed by atoms with Gasteiger partial charge in [0.1, 0.15) is 5.82 Å². The summed E-state index contributed by atoms with van der Waals surface area (Å²) in [6.45, 7) is 7.82. The van der Waals surface area contributed by atoms with Crippen LogP contribution in [0.5, 0.6) is 0 Å². The molecule has 0 aliphatic carbocycles. The molecule has 3 heterocycles. The first kappa shape index (κ1) is 14.6. The smallest absolute Gasteiger partial charge is 0.270 e. The lowest BCUT2D eigenvalue weighted by atomic mass is 9.86. The molecule has 0 saturated carbocycles. The van der Waals surface area contributed by atoms with Crippen LogP contribution in [0.2, 0.25) is 0 Å². The van der Waals surface area contributed by atoms with E-state index in [4.69, 9.17) is 0 Å². The number of fused-ring (bicyclic) bond motifs is 1. The molecule has 0 aromatic carbocycles. The molecule has 1 aliphatic heterocycles. The van der Waals surface area contributed by atoms with Gasteiger partial charge >= 0.3 is 0 Å². The lowest BCUT2D eigenvalue weighted by Gasteiger charge is -2.24. The van der Waals surface area contributed by atoms with Crippen LogP contribution in [0.15, 0.2) is 4.79 Å². The molecule has 0 radical (unpaired) electrons. The highest BCUT2D eigenvalue weighted by atomic mass is 16.2. The molecule has 0 saturated heterocycles. The Morgan fingerprint density at radius 1 is 1.23 bits per heavy atom. The Morgan fingerprint density at radius 3 is 2.45 bits per heavy atom. The van der Waals surface area contributed by atoms with Crippen LogP contribution in [0, 0.1) is 13.8 Å². The number of nitrogens with zero attached hydrogens (tertiary/aromatic N) is 3. The van der Waals surface area contributed by atoms with Crippen molar-refractivity contribution in [3.8, 4) is 0 Å². The number of amides is 1. The van der Waals surface area contributed by atoms with Crippen molar-refractivity contribution in [3.05, 3.63) is 32.9 Å². The fourth-order valence-corrected chi connectivity index (χ4v) is 3.31. The second-order valence-electron chi connectivity index (χ2n) is 6.18. The lowest BCUT2D eigenvalue weighted by molar-refractivity contribution is -0.116. The van der Waals surface area contributed by atoms with Gasteiger partial charge in [0.05, 0.1) is 11.3 Å². The molecule has 1 aliphatic rings. The zero-order chi connectivity index (χ0) is 16.2. The molecular formula is C15H21N5O2. The van der Waals surface area contributed by atoms with Gasteiger partial charge in [-0.2, -0.15) is 5.10 Å². The summed E-state index contributed by atoms with van der Waals surface area (Å²) in [4.78, 5) is 24.6. The van der Waals surface area contributed by atoms with Gasteiger partial charge < -0.3 is 5.32 Å². The number of rotatable bonds is 2. The molecule has 0 spiro atoms. The average molecular weight is 303 g/mol. The van der Waals surface area contributed by atoms with Crippen LogP contribution >= 0.6 is 0 Å². The first-order valence-corrected chi connectivity index (χ1v) is 7.45. The highest BCUT2D eigenvalue weighted by molar-refractivity contribution is 5.94. The zero-order valence-corrected chi connectivity index (χ0v) is 13.5. The quantitative estimate of drug-likeness (QED) is 0.883. The molecule has 0 bridgehead atoms. The van der Waals surface area contributed by atoms with Gasteiger partial charge in [0.25, 0.3) is 5.56 Å². The van der Waals surface area contributed by atoms with E-state index in [1.807, 2.05) is 34.7 Å². The van der Waals surface area contributed by atoms with E-state index < -0.39 is 0 Å². The van der Waals surface area contributed by atoms with Crippen LogP contribution in [-0.2, 0) is 11.8 Å². The van der Waals surface area contributed by atoms with Crippen molar-refractivity contribution in [1.82, 2.24) is 19.6 Å². The van der Waals surface area contributed by atoms with E-state index in [2.05, 4.69) is 15.5 Å². The summed E-state index contributed by atoms with van der Waals surface area (Å²) in [6.07, 6.45) is 0.269. The second kappa shape index (κ2) is 4.86. The molecular weight excluding hydrogens is 282 g/mol. The van der Waals surface area contributed by atoms with Gasteiger partial charge in [0.2, 0.25) is 5.91 Å². The maximum Gasteiger partial charge on any atom is 0.270 e. The highest BCUT2D eigenvalue weighted by Gasteiger charge is 2.35. The zero-order valence-electron chi connectivity index (χ0n) is 13.5. The molecule has 22 heavy (non-hydrogen) atoms. The second-order valence-corrected chi connectivity index (χ2v) is 6.18. The van der Waals surface area contributed by atoms with Crippen molar-refractivity contribution < 1.29 is 4.79 Å². The van der Waals surface area contributed by atoms with Gasteiger partial charge in [-0.05, 0) is 27.7 Å². The third-order valence-corrected chi connectivity index (χ3v) is 4.39. The molecule has 1 atom stereocenters. The van der Waals surface area contributed by atoms with Crippen molar-refractivity contribution in [2.45, 2.75) is 46.1 Å². The van der Waals surface area contributed by atoms with E-state index >= 15 is 0 Å². The summed E-state index contributed by atoms with van der Waals surface area (Å²) in [5.74, 6) is 0.263. The Morgan fingerprint density at radius 2 is 1.91 bits per heavy atom. The third-order valence-electron chi connectivity index (χ3n) is 4.39. The minimum atomic E-state index is -0.249. The number of aryl methyl sites for hydroxylation is 2. The van der Waals surface area contributed by atoms with E-state index in [1.54, 1.807) is 9.36 Å². The maximum atomic E-state index is 12.5. The number of hydrogen-bond acceptors (Lipinski definition) is 3. The van der Waals surface area contributed by atoms with Gasteiger partial charge in [-0.25, -0.2) is 0 Å². The molecule has 1 amide bonds. The van der Waals surface area contributed by atoms with Crippen LogP contribution < -0.4 is 10.9 Å². The third kappa shape index (κ3) is 2.00. The van der Waals surface area contributed by atoms with Crippen molar-refractivity contribution in [2.75, 3.05) is 5.32 Å². The standard InChI is InChI=1S/C15H21N5O2/c1-7(2)20-14-13(15(22)18-20)10(6-11(21)16-14)12-8(3)17-19(5)9(12)4/h7,10H,6H2,1-5H3,(H,16,21)(H,18,22)/t10-/m1/s1. The van der Waals surface area contributed by atoms with Crippen molar-refractivity contribution in [2.24, 2.45) is 7.05 Å². The Kier molecular flexibility index (Phi) is 3.23. The number of H-pyrrole nitrogens is 1. The predicted octanol–water partition coefficient (Wildman–Crippen LogP) is 1.58. The summed E-state index contributed by atoms with van der Waals surface area (Å²) < 4.78 is 3.52. The topological polar surface area (TPSA) is 84.7 Å². The summed E-state index contributed by atoms with van der Waals surface area (Å²) in [6, 6.07) is 0.0617. The monoisotopic (exact) mass is 303 g/mol. The first-order chi connectivity index (χ1) is 10.3. The van der Waals surface area contributed by atoms with E-state index in [0.717, 1.165) is 17.0 Å². The number of aromatic nitrogens is 4.